The average Bonchev–Trinajstić information content (AvgIpc) is 3.22. The van der Waals surface area contributed by atoms with Crippen molar-refractivity contribution in [3.8, 4) is 11.4 Å². The van der Waals surface area contributed by atoms with Crippen molar-refractivity contribution in [1.29, 1.82) is 0 Å². The molecule has 0 aliphatic carbocycles. The van der Waals surface area contributed by atoms with Gasteiger partial charge < -0.3 is 10.6 Å². The molecule has 4 rings (SSSR count). The number of amides is 2. The molecular formula is C25H23N5O2S. The number of carbonyl (C=O) groups excluding carboxylic acids is 2. The van der Waals surface area contributed by atoms with Gasteiger partial charge >= 0.3 is 0 Å². The lowest BCUT2D eigenvalue weighted by atomic mass is 10.2. The monoisotopic (exact) mass is 457 g/mol. The first-order valence-corrected chi connectivity index (χ1v) is 11.4. The fourth-order valence-electron chi connectivity index (χ4n) is 3.27. The van der Waals surface area contributed by atoms with Crippen molar-refractivity contribution in [2.24, 2.45) is 0 Å². The molecule has 0 bridgehead atoms. The molecule has 4 aromatic rings. The quantitative estimate of drug-likeness (QED) is 0.375. The second-order valence-electron chi connectivity index (χ2n) is 7.34. The third-order valence-electron chi connectivity index (χ3n) is 4.75. The van der Waals surface area contributed by atoms with E-state index in [4.69, 9.17) is 0 Å². The summed E-state index contributed by atoms with van der Waals surface area (Å²) in [6.07, 6.45) is 0. The van der Waals surface area contributed by atoms with Gasteiger partial charge in [-0.3, -0.25) is 14.2 Å². The van der Waals surface area contributed by atoms with Gasteiger partial charge in [-0.15, -0.1) is 10.2 Å². The van der Waals surface area contributed by atoms with Crippen LogP contribution >= 0.6 is 11.8 Å². The summed E-state index contributed by atoms with van der Waals surface area (Å²) in [6.45, 7) is 2.05. The van der Waals surface area contributed by atoms with Gasteiger partial charge in [0.25, 0.3) is 0 Å². The molecule has 7 nitrogen and oxygen atoms in total. The Bertz CT molecular complexity index is 1220. The molecule has 0 fully saturated rings. The van der Waals surface area contributed by atoms with Gasteiger partial charge in [-0.2, -0.15) is 0 Å². The van der Waals surface area contributed by atoms with Crippen LogP contribution in [-0.2, 0) is 16.1 Å². The predicted octanol–water partition coefficient (Wildman–Crippen LogP) is 4.68. The van der Waals surface area contributed by atoms with E-state index in [-0.39, 0.29) is 17.6 Å². The third kappa shape index (κ3) is 6.08. The largest absolute Gasteiger partial charge is 0.326 e. The molecule has 0 aliphatic heterocycles. The highest BCUT2D eigenvalue weighted by molar-refractivity contribution is 7.99. The van der Waals surface area contributed by atoms with Crippen LogP contribution < -0.4 is 10.6 Å². The summed E-state index contributed by atoms with van der Waals surface area (Å²) in [6, 6.07) is 27.0. The number of anilines is 2. The fraction of sp³-hybridized carbons (Fsp3) is 0.120. The maximum Gasteiger partial charge on any atom is 0.234 e. The molecule has 1 heterocycles. The maximum atomic E-state index is 12.5. The van der Waals surface area contributed by atoms with Gasteiger partial charge in [-0.05, 0) is 29.8 Å². The Labute approximate surface area is 196 Å². The number of nitrogens with zero attached hydrogens (tertiary/aromatic N) is 3. The van der Waals surface area contributed by atoms with Crippen LogP contribution in [0.1, 0.15) is 12.5 Å². The first kappa shape index (κ1) is 22.3. The van der Waals surface area contributed by atoms with E-state index < -0.39 is 0 Å². The molecular weight excluding hydrogens is 434 g/mol. The molecule has 0 spiro atoms. The lowest BCUT2D eigenvalue weighted by Gasteiger charge is -2.11. The number of thioether (sulfide) groups is 1. The molecule has 166 valence electrons. The van der Waals surface area contributed by atoms with Crippen molar-refractivity contribution in [2.75, 3.05) is 16.4 Å². The van der Waals surface area contributed by atoms with E-state index >= 15 is 0 Å². The van der Waals surface area contributed by atoms with Gasteiger partial charge in [0.2, 0.25) is 11.8 Å². The molecule has 33 heavy (non-hydrogen) atoms. The summed E-state index contributed by atoms with van der Waals surface area (Å²) in [4.78, 5) is 23.7. The molecule has 1 aromatic heterocycles. The van der Waals surface area contributed by atoms with Crippen LogP contribution in [0.25, 0.3) is 11.4 Å². The zero-order valence-corrected chi connectivity index (χ0v) is 18.9. The number of benzene rings is 3. The van der Waals surface area contributed by atoms with Gasteiger partial charge in [0, 0.05) is 23.9 Å². The summed E-state index contributed by atoms with van der Waals surface area (Å²) < 4.78 is 2.03. The number of hydrogen-bond donors (Lipinski definition) is 2. The number of rotatable bonds is 8. The Morgan fingerprint density at radius 3 is 2.06 bits per heavy atom. The topological polar surface area (TPSA) is 88.9 Å². The number of aromatic nitrogens is 3. The molecule has 2 amide bonds. The molecule has 3 aromatic carbocycles. The Morgan fingerprint density at radius 2 is 1.42 bits per heavy atom. The minimum atomic E-state index is -0.150. The Kier molecular flexibility index (Phi) is 7.16. The normalized spacial score (nSPS) is 10.6. The van der Waals surface area contributed by atoms with E-state index in [1.165, 1.54) is 18.7 Å². The number of hydrogen-bond acceptors (Lipinski definition) is 5. The maximum absolute atomic E-state index is 12.5. The standard InChI is InChI=1S/C25H23N5O2S/c1-18(31)26-21-12-14-22(15-13-21)27-23(32)17-33-25-29-28-24(20-10-6-3-7-11-20)30(25)16-19-8-4-2-5-9-19/h2-15H,16-17H2,1H3,(H,26,31)(H,27,32). The summed E-state index contributed by atoms with van der Waals surface area (Å²) in [5.41, 5.74) is 3.43. The molecule has 8 heteroatoms. The highest BCUT2D eigenvalue weighted by Crippen LogP contribution is 2.25. The lowest BCUT2D eigenvalue weighted by Crippen LogP contribution is -2.15. The van der Waals surface area contributed by atoms with Gasteiger partial charge in [0.1, 0.15) is 0 Å². The van der Waals surface area contributed by atoms with Gasteiger partial charge in [-0.25, -0.2) is 0 Å². The van der Waals surface area contributed by atoms with Crippen LogP contribution in [-0.4, -0.2) is 32.3 Å². The molecule has 0 saturated carbocycles. The van der Waals surface area contributed by atoms with E-state index in [2.05, 4.69) is 33.0 Å². The van der Waals surface area contributed by atoms with Crippen molar-refractivity contribution >= 4 is 35.0 Å². The average molecular weight is 458 g/mol. The van der Waals surface area contributed by atoms with E-state index in [1.807, 2.05) is 53.1 Å². The first-order valence-electron chi connectivity index (χ1n) is 10.4. The van der Waals surface area contributed by atoms with Crippen molar-refractivity contribution in [3.05, 3.63) is 90.5 Å². The minimum Gasteiger partial charge on any atom is -0.326 e. The summed E-state index contributed by atoms with van der Waals surface area (Å²) in [5.74, 6) is 0.659. The number of carbonyl (C=O) groups is 2. The van der Waals surface area contributed by atoms with Crippen molar-refractivity contribution in [1.82, 2.24) is 14.8 Å². The van der Waals surface area contributed by atoms with Gasteiger partial charge in [-0.1, -0.05) is 72.4 Å². The lowest BCUT2D eigenvalue weighted by molar-refractivity contribution is -0.114. The van der Waals surface area contributed by atoms with E-state index in [1.54, 1.807) is 24.3 Å². The van der Waals surface area contributed by atoms with Crippen LogP contribution in [0.3, 0.4) is 0 Å². The molecule has 0 saturated heterocycles. The highest BCUT2D eigenvalue weighted by Gasteiger charge is 2.16. The molecule has 0 aliphatic rings. The molecule has 2 N–H and O–H groups in total. The highest BCUT2D eigenvalue weighted by atomic mass is 32.2. The van der Waals surface area contributed by atoms with E-state index in [9.17, 15) is 9.59 Å². The Balaban J connectivity index is 1.46. The molecule has 0 unspecified atom stereocenters. The van der Waals surface area contributed by atoms with Gasteiger partial charge in [0.05, 0.1) is 12.3 Å². The summed E-state index contributed by atoms with van der Waals surface area (Å²) >= 11 is 1.34. The SMILES string of the molecule is CC(=O)Nc1ccc(NC(=O)CSc2nnc(-c3ccccc3)n2Cc2ccccc2)cc1. The fourth-order valence-corrected chi connectivity index (χ4v) is 4.01. The van der Waals surface area contributed by atoms with Crippen molar-refractivity contribution < 1.29 is 9.59 Å². The van der Waals surface area contributed by atoms with Crippen molar-refractivity contribution in [3.63, 3.8) is 0 Å². The van der Waals surface area contributed by atoms with E-state index in [0.717, 1.165) is 17.0 Å². The second kappa shape index (κ2) is 10.6. The first-order chi connectivity index (χ1) is 16.1. The predicted molar refractivity (Wildman–Crippen MR) is 131 cm³/mol. The van der Waals surface area contributed by atoms with Gasteiger partial charge in [0.15, 0.2) is 11.0 Å². The zero-order valence-electron chi connectivity index (χ0n) is 18.1. The number of nitrogens with one attached hydrogen (secondary N) is 2. The van der Waals surface area contributed by atoms with Crippen LogP contribution in [0.4, 0.5) is 11.4 Å². The summed E-state index contributed by atoms with van der Waals surface area (Å²) in [7, 11) is 0. The van der Waals surface area contributed by atoms with Crippen molar-refractivity contribution in [2.45, 2.75) is 18.6 Å². The zero-order chi connectivity index (χ0) is 23.0. The third-order valence-corrected chi connectivity index (χ3v) is 5.72. The van der Waals surface area contributed by atoms with Crippen LogP contribution in [0.15, 0.2) is 90.1 Å². The summed E-state index contributed by atoms with van der Waals surface area (Å²) in [5, 5.41) is 15.0. The Morgan fingerprint density at radius 1 is 0.818 bits per heavy atom. The molecule has 0 atom stereocenters. The van der Waals surface area contributed by atoms with Crippen LogP contribution in [0.5, 0.6) is 0 Å². The minimum absolute atomic E-state index is 0.141. The smallest absolute Gasteiger partial charge is 0.234 e. The van der Waals surface area contributed by atoms with E-state index in [0.29, 0.717) is 23.1 Å². The molecule has 0 radical (unpaired) electrons. The van der Waals surface area contributed by atoms with Crippen LogP contribution in [0.2, 0.25) is 0 Å². The Hall–Kier alpha value is -3.91. The van der Waals surface area contributed by atoms with Crippen LogP contribution in [0, 0.1) is 0 Å². The second-order valence-corrected chi connectivity index (χ2v) is 8.28.